The number of carboxylic acids is 1. The molecule has 17 heavy (non-hydrogen) atoms. The van der Waals surface area contributed by atoms with Crippen LogP contribution in [0.2, 0.25) is 0 Å². The standard InChI is InChI=1S/C9H12F3NO4/c1-3-4-17-8(16)13-6(7(14)15)5(2)9(10,11)12/h3,5-6H,1,4H2,2H3,(H,13,16)(H,14,15)/t5?,6-/m0/s1. The van der Waals surface area contributed by atoms with Gasteiger partial charge in [0.2, 0.25) is 0 Å². The molecule has 0 bridgehead atoms. The first-order valence-electron chi connectivity index (χ1n) is 4.53. The van der Waals surface area contributed by atoms with Crippen LogP contribution in [0.3, 0.4) is 0 Å². The Bertz CT molecular complexity index is 303. The Morgan fingerprint density at radius 1 is 1.53 bits per heavy atom. The van der Waals surface area contributed by atoms with E-state index in [0.717, 1.165) is 0 Å². The van der Waals surface area contributed by atoms with E-state index in [4.69, 9.17) is 5.11 Å². The summed E-state index contributed by atoms with van der Waals surface area (Å²) in [5, 5.41) is 10.2. The molecular formula is C9H12F3NO4. The van der Waals surface area contributed by atoms with Gasteiger partial charge in [0, 0.05) is 0 Å². The summed E-state index contributed by atoms with van der Waals surface area (Å²) in [7, 11) is 0. The second kappa shape index (κ2) is 6.12. The molecule has 2 N–H and O–H groups in total. The number of carboxylic acid groups (broad SMARTS) is 1. The van der Waals surface area contributed by atoms with Gasteiger partial charge < -0.3 is 15.2 Å². The zero-order valence-electron chi connectivity index (χ0n) is 8.95. The van der Waals surface area contributed by atoms with Crippen molar-refractivity contribution in [3.05, 3.63) is 12.7 Å². The summed E-state index contributed by atoms with van der Waals surface area (Å²) >= 11 is 0. The van der Waals surface area contributed by atoms with Gasteiger partial charge in [0.05, 0.1) is 5.92 Å². The zero-order chi connectivity index (χ0) is 13.6. The van der Waals surface area contributed by atoms with Crippen LogP contribution in [0.15, 0.2) is 12.7 Å². The summed E-state index contributed by atoms with van der Waals surface area (Å²) in [5.41, 5.74) is 0. The highest BCUT2D eigenvalue weighted by Gasteiger charge is 2.45. The van der Waals surface area contributed by atoms with Crippen LogP contribution in [0.25, 0.3) is 0 Å². The molecule has 5 nitrogen and oxygen atoms in total. The van der Waals surface area contributed by atoms with Crippen LogP contribution in [-0.2, 0) is 9.53 Å². The largest absolute Gasteiger partial charge is 0.480 e. The molecule has 0 heterocycles. The predicted molar refractivity (Wildman–Crippen MR) is 51.3 cm³/mol. The van der Waals surface area contributed by atoms with Crippen LogP contribution < -0.4 is 5.32 Å². The number of hydrogen-bond donors (Lipinski definition) is 2. The summed E-state index contributed by atoms with van der Waals surface area (Å²) in [5.74, 6) is -4.01. The zero-order valence-corrected chi connectivity index (χ0v) is 8.95. The molecule has 0 saturated carbocycles. The number of halogens is 3. The Hall–Kier alpha value is -1.73. The second-order valence-electron chi connectivity index (χ2n) is 3.18. The monoisotopic (exact) mass is 255 g/mol. The third kappa shape index (κ3) is 5.23. The molecule has 0 fully saturated rings. The number of ether oxygens (including phenoxy) is 1. The predicted octanol–water partition coefficient (Wildman–Crippen LogP) is 1.55. The third-order valence-electron chi connectivity index (χ3n) is 1.89. The SMILES string of the molecule is C=CCOC(=O)N[C@H](C(=O)O)C(C)C(F)(F)F. The van der Waals surface area contributed by atoms with Crippen molar-refractivity contribution >= 4 is 12.1 Å². The fraction of sp³-hybridized carbons (Fsp3) is 0.556. The van der Waals surface area contributed by atoms with Crippen molar-refractivity contribution in [1.82, 2.24) is 5.32 Å². The maximum absolute atomic E-state index is 12.3. The number of alkyl carbamates (subject to hydrolysis) is 1. The minimum atomic E-state index is -4.73. The molecule has 0 rings (SSSR count). The number of carbonyl (C=O) groups is 2. The van der Waals surface area contributed by atoms with E-state index in [1.54, 1.807) is 5.32 Å². The summed E-state index contributed by atoms with van der Waals surface area (Å²) < 4.78 is 41.2. The fourth-order valence-corrected chi connectivity index (χ4v) is 0.893. The quantitative estimate of drug-likeness (QED) is 0.731. The third-order valence-corrected chi connectivity index (χ3v) is 1.89. The first-order valence-corrected chi connectivity index (χ1v) is 4.53. The second-order valence-corrected chi connectivity index (χ2v) is 3.18. The number of hydrogen-bond acceptors (Lipinski definition) is 3. The van der Waals surface area contributed by atoms with Gasteiger partial charge in [0.25, 0.3) is 0 Å². The number of alkyl halides is 3. The molecule has 0 aromatic carbocycles. The molecule has 0 aliphatic heterocycles. The molecule has 2 atom stereocenters. The first-order chi connectivity index (χ1) is 7.70. The lowest BCUT2D eigenvalue weighted by molar-refractivity contribution is -0.184. The van der Waals surface area contributed by atoms with E-state index in [-0.39, 0.29) is 6.61 Å². The van der Waals surface area contributed by atoms with Gasteiger partial charge in [-0.15, -0.1) is 0 Å². The van der Waals surface area contributed by atoms with Crippen molar-refractivity contribution in [2.45, 2.75) is 19.1 Å². The Morgan fingerprint density at radius 3 is 2.41 bits per heavy atom. The number of rotatable bonds is 5. The molecule has 8 heteroatoms. The Kier molecular flexibility index (Phi) is 5.49. The Balaban J connectivity index is 4.60. The lowest BCUT2D eigenvalue weighted by Crippen LogP contribution is -2.49. The van der Waals surface area contributed by atoms with E-state index >= 15 is 0 Å². The number of amides is 1. The molecule has 0 spiro atoms. The minimum absolute atomic E-state index is 0.224. The van der Waals surface area contributed by atoms with Crippen LogP contribution in [-0.4, -0.2) is 36.0 Å². The highest BCUT2D eigenvalue weighted by Crippen LogP contribution is 2.28. The normalized spacial score (nSPS) is 14.6. The van der Waals surface area contributed by atoms with E-state index in [2.05, 4.69) is 11.3 Å². The van der Waals surface area contributed by atoms with Crippen molar-refractivity contribution < 1.29 is 32.6 Å². The fourth-order valence-electron chi connectivity index (χ4n) is 0.893. The van der Waals surface area contributed by atoms with E-state index in [0.29, 0.717) is 6.92 Å². The van der Waals surface area contributed by atoms with Gasteiger partial charge in [0.1, 0.15) is 12.6 Å². The van der Waals surface area contributed by atoms with Crippen molar-refractivity contribution in [2.24, 2.45) is 5.92 Å². The van der Waals surface area contributed by atoms with Gasteiger partial charge in [0.15, 0.2) is 0 Å². The van der Waals surface area contributed by atoms with Crippen LogP contribution in [0.1, 0.15) is 6.92 Å². The van der Waals surface area contributed by atoms with Gasteiger partial charge in [-0.3, -0.25) is 0 Å². The molecule has 0 aromatic rings. The van der Waals surface area contributed by atoms with E-state index in [1.807, 2.05) is 0 Å². The molecule has 0 radical (unpaired) electrons. The van der Waals surface area contributed by atoms with Gasteiger partial charge in [-0.05, 0) is 0 Å². The van der Waals surface area contributed by atoms with Gasteiger partial charge in [-0.2, -0.15) is 13.2 Å². The van der Waals surface area contributed by atoms with E-state index in [1.165, 1.54) is 6.08 Å². The van der Waals surface area contributed by atoms with Gasteiger partial charge >= 0.3 is 18.2 Å². The molecule has 0 saturated heterocycles. The summed E-state index contributed by atoms with van der Waals surface area (Å²) in [6.07, 6.45) is -4.77. The maximum atomic E-state index is 12.3. The average Bonchev–Trinajstić information content (AvgIpc) is 2.20. The van der Waals surface area contributed by atoms with Crippen molar-refractivity contribution in [2.75, 3.05) is 6.61 Å². The van der Waals surface area contributed by atoms with Gasteiger partial charge in [-0.1, -0.05) is 19.6 Å². The summed E-state index contributed by atoms with van der Waals surface area (Å²) in [4.78, 5) is 21.5. The molecule has 0 aromatic heterocycles. The highest BCUT2D eigenvalue weighted by molar-refractivity contribution is 5.80. The summed E-state index contributed by atoms with van der Waals surface area (Å²) in [6.45, 7) is 3.66. The number of nitrogens with one attached hydrogen (secondary N) is 1. The van der Waals surface area contributed by atoms with Crippen molar-refractivity contribution in [3.63, 3.8) is 0 Å². The lowest BCUT2D eigenvalue weighted by Gasteiger charge is -2.23. The van der Waals surface area contributed by atoms with Crippen molar-refractivity contribution in [1.29, 1.82) is 0 Å². The van der Waals surface area contributed by atoms with E-state index in [9.17, 15) is 22.8 Å². The maximum Gasteiger partial charge on any atom is 0.408 e. The number of carbonyl (C=O) groups excluding carboxylic acids is 1. The van der Waals surface area contributed by atoms with Crippen LogP contribution in [0.4, 0.5) is 18.0 Å². The lowest BCUT2D eigenvalue weighted by atomic mass is 10.0. The Labute approximate surface area is 95.2 Å². The van der Waals surface area contributed by atoms with Gasteiger partial charge in [-0.25, -0.2) is 9.59 Å². The topological polar surface area (TPSA) is 75.6 Å². The van der Waals surface area contributed by atoms with Crippen LogP contribution in [0, 0.1) is 5.92 Å². The molecule has 98 valence electrons. The minimum Gasteiger partial charge on any atom is -0.480 e. The summed E-state index contributed by atoms with van der Waals surface area (Å²) in [6, 6.07) is -2.09. The van der Waals surface area contributed by atoms with Crippen LogP contribution >= 0.6 is 0 Å². The highest BCUT2D eigenvalue weighted by atomic mass is 19.4. The molecule has 0 aliphatic carbocycles. The average molecular weight is 255 g/mol. The smallest absolute Gasteiger partial charge is 0.408 e. The first kappa shape index (κ1) is 15.3. The number of aliphatic carboxylic acids is 1. The van der Waals surface area contributed by atoms with E-state index < -0.39 is 30.2 Å². The van der Waals surface area contributed by atoms with Crippen LogP contribution in [0.5, 0.6) is 0 Å². The Morgan fingerprint density at radius 2 is 2.06 bits per heavy atom. The van der Waals surface area contributed by atoms with Crippen molar-refractivity contribution in [3.8, 4) is 0 Å². The molecule has 0 aliphatic rings. The molecular weight excluding hydrogens is 243 g/mol. The molecule has 1 unspecified atom stereocenters. The molecule has 1 amide bonds.